The Morgan fingerprint density at radius 2 is 2.10 bits per heavy atom. The van der Waals surface area contributed by atoms with Crippen LogP contribution in [0.2, 0.25) is 0 Å². The smallest absolute Gasteiger partial charge is 0.146 e. The molecule has 1 aliphatic heterocycles. The Labute approximate surface area is 182 Å². The van der Waals surface area contributed by atoms with E-state index in [2.05, 4.69) is 54.6 Å². The van der Waals surface area contributed by atoms with Gasteiger partial charge in [0.05, 0.1) is 5.39 Å². The average Bonchev–Trinajstić information content (AvgIpc) is 3.07. The van der Waals surface area contributed by atoms with E-state index in [1.165, 1.54) is 50.0 Å². The zero-order chi connectivity index (χ0) is 20.5. The largest absolute Gasteiger partial charge is 0.383 e. The van der Waals surface area contributed by atoms with Crippen molar-refractivity contribution in [3.8, 4) is 11.1 Å². The molecule has 3 N–H and O–H groups in total. The van der Waals surface area contributed by atoms with Gasteiger partial charge in [-0.05, 0) is 62.9 Å². The number of hydrogen-bond acceptors (Lipinski definition) is 6. The van der Waals surface area contributed by atoms with E-state index in [4.69, 9.17) is 5.73 Å². The summed E-state index contributed by atoms with van der Waals surface area (Å²) in [6.07, 6.45) is 8.71. The van der Waals surface area contributed by atoms with E-state index < -0.39 is 0 Å². The van der Waals surface area contributed by atoms with Crippen molar-refractivity contribution in [3.63, 3.8) is 0 Å². The number of nitrogens with zero attached hydrogens (tertiary/aromatic N) is 4. The van der Waals surface area contributed by atoms with E-state index in [1.807, 2.05) is 7.05 Å². The quantitative estimate of drug-likeness (QED) is 0.426. The standard InChI is InChI=1S/C23H30N6S/c1-25-30-9-6-16-4-2-5-18(10-16)20-14-29(23-21(20)22(24)26-15-27-23)19-11-17(12-19)13-28-7-3-8-28/h2,4-5,10,14-15,17,19,25H,3,6-9,11-13H2,1H3,(H2,24,26,27). The summed E-state index contributed by atoms with van der Waals surface area (Å²) < 4.78 is 5.50. The van der Waals surface area contributed by atoms with E-state index in [-0.39, 0.29) is 0 Å². The highest BCUT2D eigenvalue weighted by Gasteiger charge is 2.34. The van der Waals surface area contributed by atoms with Crippen LogP contribution in [0.4, 0.5) is 5.82 Å². The average molecular weight is 423 g/mol. The minimum Gasteiger partial charge on any atom is -0.383 e. The molecular formula is C23H30N6S. The lowest BCUT2D eigenvalue weighted by atomic mass is 9.79. The van der Waals surface area contributed by atoms with Crippen molar-refractivity contribution in [3.05, 3.63) is 42.4 Å². The molecule has 158 valence electrons. The summed E-state index contributed by atoms with van der Waals surface area (Å²) in [5.74, 6) is 2.43. The summed E-state index contributed by atoms with van der Waals surface area (Å²) in [4.78, 5) is 11.5. The highest BCUT2D eigenvalue weighted by Crippen LogP contribution is 2.43. The number of nitrogens with two attached hydrogens (primary N) is 1. The van der Waals surface area contributed by atoms with E-state index in [0.29, 0.717) is 11.9 Å². The number of benzene rings is 1. The van der Waals surface area contributed by atoms with Crippen LogP contribution in [-0.4, -0.2) is 51.9 Å². The van der Waals surface area contributed by atoms with Crippen LogP contribution in [-0.2, 0) is 6.42 Å². The molecule has 0 radical (unpaired) electrons. The Balaban J connectivity index is 1.43. The molecule has 3 aromatic rings. The van der Waals surface area contributed by atoms with Crippen LogP contribution < -0.4 is 10.5 Å². The van der Waals surface area contributed by atoms with Crippen molar-refractivity contribution in [2.75, 3.05) is 38.2 Å². The Morgan fingerprint density at radius 3 is 2.87 bits per heavy atom. The lowest BCUT2D eigenvalue weighted by Crippen LogP contribution is -2.43. The first-order chi connectivity index (χ1) is 14.7. The number of anilines is 1. The minimum atomic E-state index is 0.511. The van der Waals surface area contributed by atoms with Gasteiger partial charge in [-0.2, -0.15) is 0 Å². The van der Waals surface area contributed by atoms with Crippen molar-refractivity contribution in [1.29, 1.82) is 0 Å². The van der Waals surface area contributed by atoms with Crippen molar-refractivity contribution < 1.29 is 0 Å². The SMILES string of the molecule is CNSCCc1cccc(-c2cn(C3CC(CN4CCC4)C3)c3ncnc(N)c23)c1. The maximum absolute atomic E-state index is 6.34. The molecule has 2 aliphatic rings. The van der Waals surface area contributed by atoms with Gasteiger partial charge in [0.2, 0.25) is 0 Å². The highest BCUT2D eigenvalue weighted by molar-refractivity contribution is 7.97. The second-order valence-electron chi connectivity index (χ2n) is 8.56. The van der Waals surface area contributed by atoms with Gasteiger partial charge in [-0.25, -0.2) is 9.97 Å². The molecule has 0 spiro atoms. The van der Waals surface area contributed by atoms with E-state index in [9.17, 15) is 0 Å². The molecule has 7 heteroatoms. The summed E-state index contributed by atoms with van der Waals surface area (Å²) in [6, 6.07) is 9.32. The van der Waals surface area contributed by atoms with Crippen LogP contribution in [0, 0.1) is 5.92 Å². The fraction of sp³-hybridized carbons (Fsp3) is 0.478. The third-order valence-electron chi connectivity index (χ3n) is 6.58. The first kappa shape index (κ1) is 19.8. The minimum absolute atomic E-state index is 0.511. The number of hydrogen-bond donors (Lipinski definition) is 2. The zero-order valence-corrected chi connectivity index (χ0v) is 18.4. The molecule has 6 nitrogen and oxygen atoms in total. The summed E-state index contributed by atoms with van der Waals surface area (Å²) in [5.41, 5.74) is 11.0. The fourth-order valence-corrected chi connectivity index (χ4v) is 5.32. The van der Waals surface area contributed by atoms with Crippen molar-refractivity contribution in [1.82, 2.24) is 24.2 Å². The summed E-state index contributed by atoms with van der Waals surface area (Å²) in [7, 11) is 1.97. The highest BCUT2D eigenvalue weighted by atomic mass is 32.2. The molecule has 5 rings (SSSR count). The third kappa shape index (κ3) is 3.82. The maximum atomic E-state index is 6.34. The number of rotatable bonds is 8. The molecule has 30 heavy (non-hydrogen) atoms. The lowest BCUT2D eigenvalue weighted by molar-refractivity contribution is 0.0921. The van der Waals surface area contributed by atoms with Crippen LogP contribution in [0.25, 0.3) is 22.2 Å². The van der Waals surface area contributed by atoms with Gasteiger partial charge in [0.25, 0.3) is 0 Å². The van der Waals surface area contributed by atoms with Gasteiger partial charge < -0.3 is 15.2 Å². The second kappa shape index (κ2) is 8.57. The van der Waals surface area contributed by atoms with Crippen molar-refractivity contribution in [2.45, 2.75) is 31.7 Å². The molecule has 1 aromatic carbocycles. The molecule has 3 heterocycles. The van der Waals surface area contributed by atoms with Gasteiger partial charge in [0, 0.05) is 30.1 Å². The Kier molecular flexibility index (Phi) is 5.67. The summed E-state index contributed by atoms with van der Waals surface area (Å²) in [5, 5.41) is 0.991. The molecule has 2 aromatic heterocycles. The summed E-state index contributed by atoms with van der Waals surface area (Å²) >= 11 is 1.74. The van der Waals surface area contributed by atoms with E-state index in [0.717, 1.165) is 34.7 Å². The van der Waals surface area contributed by atoms with Gasteiger partial charge in [-0.1, -0.05) is 36.2 Å². The molecule has 1 saturated carbocycles. The van der Waals surface area contributed by atoms with Crippen LogP contribution in [0.1, 0.15) is 30.9 Å². The number of nitrogens with one attached hydrogen (secondary N) is 1. The molecular weight excluding hydrogens is 392 g/mol. The number of aromatic nitrogens is 3. The molecule has 0 bridgehead atoms. The topological polar surface area (TPSA) is 72.0 Å². The van der Waals surface area contributed by atoms with Gasteiger partial charge in [0.15, 0.2) is 0 Å². The maximum Gasteiger partial charge on any atom is 0.146 e. The normalized spacial score (nSPS) is 21.5. The van der Waals surface area contributed by atoms with E-state index >= 15 is 0 Å². The third-order valence-corrected chi connectivity index (χ3v) is 7.28. The molecule has 2 fully saturated rings. The lowest BCUT2D eigenvalue weighted by Gasteiger charge is -2.42. The summed E-state index contributed by atoms with van der Waals surface area (Å²) in [6.45, 7) is 3.82. The number of nitrogen functional groups attached to an aromatic ring is 1. The first-order valence-electron chi connectivity index (χ1n) is 10.9. The molecule has 0 amide bonds. The predicted molar refractivity (Wildman–Crippen MR) is 125 cm³/mol. The van der Waals surface area contributed by atoms with Crippen molar-refractivity contribution >= 4 is 28.8 Å². The monoisotopic (exact) mass is 422 g/mol. The number of fused-ring (bicyclic) bond motifs is 1. The Morgan fingerprint density at radius 1 is 1.23 bits per heavy atom. The molecule has 0 atom stereocenters. The molecule has 0 unspecified atom stereocenters. The first-order valence-corrected chi connectivity index (χ1v) is 11.9. The van der Waals surface area contributed by atoms with Gasteiger partial charge in [-0.3, -0.25) is 4.72 Å². The van der Waals surface area contributed by atoms with Gasteiger partial charge >= 0.3 is 0 Å². The van der Waals surface area contributed by atoms with Crippen LogP contribution in [0.3, 0.4) is 0 Å². The van der Waals surface area contributed by atoms with Gasteiger partial charge in [0.1, 0.15) is 17.8 Å². The zero-order valence-electron chi connectivity index (χ0n) is 17.6. The molecule has 1 saturated heterocycles. The van der Waals surface area contributed by atoms with Crippen LogP contribution >= 0.6 is 11.9 Å². The van der Waals surface area contributed by atoms with Crippen LogP contribution in [0.5, 0.6) is 0 Å². The van der Waals surface area contributed by atoms with E-state index in [1.54, 1.807) is 18.3 Å². The van der Waals surface area contributed by atoms with Gasteiger partial charge in [-0.15, -0.1) is 0 Å². The second-order valence-corrected chi connectivity index (χ2v) is 9.66. The van der Waals surface area contributed by atoms with Crippen molar-refractivity contribution in [2.24, 2.45) is 5.92 Å². The Bertz CT molecular complexity index is 1020. The number of likely N-dealkylation sites (tertiary alicyclic amines) is 1. The fourth-order valence-electron chi connectivity index (χ4n) is 4.78. The number of aryl methyl sites for hydroxylation is 1. The predicted octanol–water partition coefficient (Wildman–Crippen LogP) is 3.75. The Hall–Kier alpha value is -2.09. The van der Waals surface area contributed by atoms with Crippen LogP contribution in [0.15, 0.2) is 36.8 Å². The molecule has 1 aliphatic carbocycles.